The summed E-state index contributed by atoms with van der Waals surface area (Å²) < 4.78 is 0. The average molecular weight is 360 g/mol. The number of carboxylic acids is 1. The molecule has 2 amide bonds. The zero-order valence-corrected chi connectivity index (χ0v) is 14.8. The number of aliphatic carboxylic acids is 1. The molecule has 132 valence electrons. The zero-order chi connectivity index (χ0) is 18.4. The fourth-order valence-electron chi connectivity index (χ4n) is 2.25. The lowest BCUT2D eigenvalue weighted by atomic mass is 9.99. The van der Waals surface area contributed by atoms with E-state index < -0.39 is 17.9 Å². The SMILES string of the molecule is CC[C@H](C)[C@H](NC(=O)c1cccc(NC(=O)c2cccs2)c1)C(=O)O. The maximum Gasteiger partial charge on any atom is 0.326 e. The smallest absolute Gasteiger partial charge is 0.326 e. The number of thiophene rings is 1. The van der Waals surface area contributed by atoms with E-state index in [4.69, 9.17) is 0 Å². The molecule has 7 heteroatoms. The number of anilines is 1. The number of carbonyl (C=O) groups excluding carboxylic acids is 2. The second-order valence-electron chi connectivity index (χ2n) is 5.69. The Morgan fingerprint density at radius 2 is 1.92 bits per heavy atom. The molecular weight excluding hydrogens is 340 g/mol. The van der Waals surface area contributed by atoms with Crippen LogP contribution in [0.5, 0.6) is 0 Å². The largest absolute Gasteiger partial charge is 0.480 e. The molecular formula is C18H20N2O4S. The van der Waals surface area contributed by atoms with Gasteiger partial charge in [0, 0.05) is 11.3 Å². The van der Waals surface area contributed by atoms with Gasteiger partial charge in [0.2, 0.25) is 0 Å². The van der Waals surface area contributed by atoms with Crippen molar-refractivity contribution in [2.75, 3.05) is 5.32 Å². The van der Waals surface area contributed by atoms with Crippen molar-refractivity contribution in [3.8, 4) is 0 Å². The molecule has 0 spiro atoms. The molecule has 0 radical (unpaired) electrons. The molecule has 0 aliphatic carbocycles. The van der Waals surface area contributed by atoms with Gasteiger partial charge in [0.1, 0.15) is 6.04 Å². The number of rotatable bonds is 7. The highest BCUT2D eigenvalue weighted by molar-refractivity contribution is 7.12. The molecule has 1 heterocycles. The van der Waals surface area contributed by atoms with Crippen LogP contribution in [0.3, 0.4) is 0 Å². The highest BCUT2D eigenvalue weighted by Gasteiger charge is 2.25. The van der Waals surface area contributed by atoms with Gasteiger partial charge in [-0.1, -0.05) is 32.4 Å². The van der Waals surface area contributed by atoms with Crippen molar-refractivity contribution < 1.29 is 19.5 Å². The summed E-state index contributed by atoms with van der Waals surface area (Å²) in [5.41, 5.74) is 0.764. The van der Waals surface area contributed by atoms with Crippen molar-refractivity contribution in [3.63, 3.8) is 0 Å². The Morgan fingerprint density at radius 1 is 1.16 bits per heavy atom. The summed E-state index contributed by atoms with van der Waals surface area (Å²) in [7, 11) is 0. The Labute approximate surface area is 149 Å². The van der Waals surface area contributed by atoms with Crippen LogP contribution in [0.2, 0.25) is 0 Å². The van der Waals surface area contributed by atoms with Gasteiger partial charge in [-0.15, -0.1) is 11.3 Å². The van der Waals surface area contributed by atoms with Gasteiger partial charge in [0.25, 0.3) is 11.8 Å². The molecule has 3 N–H and O–H groups in total. The van der Waals surface area contributed by atoms with Gasteiger partial charge in [0.05, 0.1) is 4.88 Å². The first kappa shape index (κ1) is 18.7. The van der Waals surface area contributed by atoms with Gasteiger partial charge in [-0.25, -0.2) is 4.79 Å². The Hall–Kier alpha value is -2.67. The monoisotopic (exact) mass is 360 g/mol. The van der Waals surface area contributed by atoms with Crippen molar-refractivity contribution in [1.29, 1.82) is 0 Å². The van der Waals surface area contributed by atoms with Crippen LogP contribution in [-0.2, 0) is 4.79 Å². The predicted octanol–water partition coefficient (Wildman–Crippen LogP) is 3.23. The summed E-state index contributed by atoms with van der Waals surface area (Å²) in [6.07, 6.45) is 0.633. The van der Waals surface area contributed by atoms with Crippen molar-refractivity contribution >= 4 is 34.8 Å². The lowest BCUT2D eigenvalue weighted by Gasteiger charge is -2.20. The number of carbonyl (C=O) groups is 3. The first-order valence-corrected chi connectivity index (χ1v) is 8.79. The van der Waals surface area contributed by atoms with Gasteiger partial charge >= 0.3 is 5.97 Å². The van der Waals surface area contributed by atoms with Crippen LogP contribution in [0.1, 0.15) is 40.3 Å². The van der Waals surface area contributed by atoms with Crippen LogP contribution in [0.15, 0.2) is 41.8 Å². The van der Waals surface area contributed by atoms with Gasteiger partial charge in [-0.3, -0.25) is 9.59 Å². The molecule has 0 fully saturated rings. The Morgan fingerprint density at radius 3 is 2.52 bits per heavy atom. The van der Waals surface area contributed by atoms with E-state index in [1.807, 2.05) is 6.92 Å². The third kappa shape index (κ3) is 4.90. The molecule has 1 aromatic heterocycles. The molecule has 6 nitrogen and oxygen atoms in total. The van der Waals surface area contributed by atoms with Crippen molar-refractivity contribution in [3.05, 3.63) is 52.2 Å². The van der Waals surface area contributed by atoms with E-state index >= 15 is 0 Å². The average Bonchev–Trinajstić information content (AvgIpc) is 3.13. The number of hydrogen-bond acceptors (Lipinski definition) is 4. The summed E-state index contributed by atoms with van der Waals surface area (Å²) >= 11 is 1.32. The molecule has 2 atom stereocenters. The topological polar surface area (TPSA) is 95.5 Å². The minimum Gasteiger partial charge on any atom is -0.480 e. The second-order valence-corrected chi connectivity index (χ2v) is 6.63. The molecule has 2 aromatic rings. The normalized spacial score (nSPS) is 12.9. The summed E-state index contributed by atoms with van der Waals surface area (Å²) in [5.74, 6) is -2.00. The molecule has 0 saturated carbocycles. The Balaban J connectivity index is 2.10. The maximum atomic E-state index is 12.4. The number of carboxylic acid groups (broad SMARTS) is 1. The van der Waals surface area contributed by atoms with Crippen molar-refractivity contribution in [2.24, 2.45) is 5.92 Å². The number of benzene rings is 1. The van der Waals surface area contributed by atoms with E-state index in [0.29, 0.717) is 22.5 Å². The van der Waals surface area contributed by atoms with E-state index in [1.165, 1.54) is 17.4 Å². The molecule has 1 aromatic carbocycles. The summed E-state index contributed by atoms with van der Waals surface area (Å²) in [4.78, 5) is 36.3. The van der Waals surface area contributed by atoms with Gasteiger partial charge in [0.15, 0.2) is 0 Å². The molecule has 0 aliphatic heterocycles. The third-order valence-corrected chi connectivity index (χ3v) is 4.76. The maximum absolute atomic E-state index is 12.4. The number of amides is 2. The zero-order valence-electron chi connectivity index (χ0n) is 14.0. The number of hydrogen-bond donors (Lipinski definition) is 3. The van der Waals surface area contributed by atoms with E-state index in [-0.39, 0.29) is 11.8 Å². The second kappa shape index (κ2) is 8.43. The summed E-state index contributed by atoms with van der Waals surface area (Å²) in [6.45, 7) is 3.64. The Bertz CT molecular complexity index is 758. The predicted molar refractivity (Wildman–Crippen MR) is 97.1 cm³/mol. The Kier molecular flexibility index (Phi) is 6.30. The fourth-order valence-corrected chi connectivity index (χ4v) is 2.87. The van der Waals surface area contributed by atoms with Gasteiger partial charge < -0.3 is 15.7 Å². The minimum atomic E-state index is -1.06. The van der Waals surface area contributed by atoms with Crippen molar-refractivity contribution in [1.82, 2.24) is 5.32 Å². The van der Waals surface area contributed by atoms with E-state index in [1.54, 1.807) is 42.6 Å². The van der Waals surface area contributed by atoms with Gasteiger partial charge in [-0.2, -0.15) is 0 Å². The first-order valence-electron chi connectivity index (χ1n) is 7.91. The van der Waals surface area contributed by atoms with Gasteiger partial charge in [-0.05, 0) is 35.6 Å². The number of nitrogens with one attached hydrogen (secondary N) is 2. The minimum absolute atomic E-state index is 0.192. The van der Waals surface area contributed by atoms with Crippen LogP contribution in [0.25, 0.3) is 0 Å². The van der Waals surface area contributed by atoms with Crippen LogP contribution < -0.4 is 10.6 Å². The fraction of sp³-hybridized carbons (Fsp3) is 0.278. The van der Waals surface area contributed by atoms with Crippen LogP contribution in [0.4, 0.5) is 5.69 Å². The van der Waals surface area contributed by atoms with Crippen LogP contribution in [-0.4, -0.2) is 28.9 Å². The van der Waals surface area contributed by atoms with Crippen molar-refractivity contribution in [2.45, 2.75) is 26.3 Å². The molecule has 0 saturated heterocycles. The van der Waals surface area contributed by atoms with E-state index in [0.717, 1.165) is 0 Å². The highest BCUT2D eigenvalue weighted by Crippen LogP contribution is 2.16. The summed E-state index contributed by atoms with van der Waals surface area (Å²) in [6, 6.07) is 8.94. The highest BCUT2D eigenvalue weighted by atomic mass is 32.1. The third-order valence-electron chi connectivity index (χ3n) is 3.89. The first-order chi connectivity index (χ1) is 11.9. The standard InChI is InChI=1S/C18H20N2O4S/c1-3-11(2)15(18(23)24)20-16(21)12-6-4-7-13(10-12)19-17(22)14-8-5-9-25-14/h4-11,15H,3H2,1-2H3,(H,19,22)(H,20,21)(H,23,24)/t11-,15-/m0/s1. The van der Waals surface area contributed by atoms with E-state index in [2.05, 4.69) is 10.6 Å². The van der Waals surface area contributed by atoms with Crippen LogP contribution >= 0.6 is 11.3 Å². The lowest BCUT2D eigenvalue weighted by Crippen LogP contribution is -2.45. The summed E-state index contributed by atoms with van der Waals surface area (Å²) in [5, 5.41) is 16.4. The molecule has 0 bridgehead atoms. The molecule has 25 heavy (non-hydrogen) atoms. The molecule has 0 aliphatic rings. The van der Waals surface area contributed by atoms with E-state index in [9.17, 15) is 19.5 Å². The molecule has 2 rings (SSSR count). The van der Waals surface area contributed by atoms with Crippen LogP contribution in [0, 0.1) is 5.92 Å². The quantitative estimate of drug-likeness (QED) is 0.706. The molecule has 0 unspecified atom stereocenters. The lowest BCUT2D eigenvalue weighted by molar-refractivity contribution is -0.140.